The van der Waals surface area contributed by atoms with Crippen molar-refractivity contribution in [2.45, 2.75) is 38.5 Å². The van der Waals surface area contributed by atoms with E-state index in [1.165, 1.54) is 6.07 Å². The van der Waals surface area contributed by atoms with Gasteiger partial charge < -0.3 is 0 Å². The molecule has 1 saturated heterocycles. The zero-order chi connectivity index (χ0) is 12.4. The normalized spacial score (nSPS) is 24.5. The highest BCUT2D eigenvalue weighted by molar-refractivity contribution is 9.10. The summed E-state index contributed by atoms with van der Waals surface area (Å²) < 4.78 is 13.7. The van der Waals surface area contributed by atoms with Crippen LogP contribution < -0.4 is 16.2 Å². The van der Waals surface area contributed by atoms with Crippen molar-refractivity contribution >= 4 is 15.9 Å². The number of rotatable bonds is 3. The SMILES string of the molecule is CC(C)NC1CC(c2ccc(F)c(Br)c2)NN1. The molecule has 1 aliphatic rings. The summed E-state index contributed by atoms with van der Waals surface area (Å²) in [6.07, 6.45) is 1.19. The molecule has 2 atom stereocenters. The third-order valence-corrected chi connectivity index (χ3v) is 3.39. The summed E-state index contributed by atoms with van der Waals surface area (Å²) in [5, 5.41) is 3.41. The summed E-state index contributed by atoms with van der Waals surface area (Å²) in [6.45, 7) is 4.23. The Morgan fingerprint density at radius 1 is 1.41 bits per heavy atom. The molecule has 2 unspecified atom stereocenters. The molecule has 0 aromatic heterocycles. The van der Waals surface area contributed by atoms with E-state index in [4.69, 9.17) is 0 Å². The van der Waals surface area contributed by atoms with Crippen LogP contribution >= 0.6 is 15.9 Å². The van der Waals surface area contributed by atoms with E-state index in [1.54, 1.807) is 0 Å². The Kier molecular flexibility index (Phi) is 4.14. The van der Waals surface area contributed by atoms with Gasteiger partial charge >= 0.3 is 0 Å². The van der Waals surface area contributed by atoms with Gasteiger partial charge in [-0.25, -0.2) is 15.2 Å². The molecule has 1 aromatic rings. The fourth-order valence-corrected chi connectivity index (χ4v) is 2.41. The Morgan fingerprint density at radius 2 is 2.18 bits per heavy atom. The Bertz CT molecular complexity index is 397. The molecule has 3 N–H and O–H groups in total. The summed E-state index contributed by atoms with van der Waals surface area (Å²) in [5.74, 6) is -0.225. The molecule has 1 aromatic carbocycles. The second kappa shape index (κ2) is 5.44. The molecule has 0 radical (unpaired) electrons. The number of hydrogen-bond donors (Lipinski definition) is 3. The lowest BCUT2D eigenvalue weighted by Crippen LogP contribution is -2.44. The van der Waals surface area contributed by atoms with Gasteiger partial charge in [-0.2, -0.15) is 0 Å². The summed E-state index contributed by atoms with van der Waals surface area (Å²) in [5.41, 5.74) is 7.50. The van der Waals surface area contributed by atoms with Crippen molar-refractivity contribution in [3.05, 3.63) is 34.1 Å². The average Bonchev–Trinajstić information content (AvgIpc) is 2.69. The quantitative estimate of drug-likeness (QED) is 0.803. The lowest BCUT2D eigenvalue weighted by atomic mass is 10.0. The molecule has 94 valence electrons. The molecule has 17 heavy (non-hydrogen) atoms. The first-order chi connectivity index (χ1) is 8.06. The van der Waals surface area contributed by atoms with Crippen molar-refractivity contribution in [1.82, 2.24) is 16.2 Å². The van der Waals surface area contributed by atoms with E-state index in [-0.39, 0.29) is 18.0 Å². The van der Waals surface area contributed by atoms with E-state index < -0.39 is 0 Å². The van der Waals surface area contributed by atoms with E-state index in [1.807, 2.05) is 12.1 Å². The first kappa shape index (κ1) is 13.0. The van der Waals surface area contributed by atoms with Gasteiger partial charge in [0, 0.05) is 12.1 Å². The zero-order valence-electron chi connectivity index (χ0n) is 9.93. The number of hydrogen-bond acceptors (Lipinski definition) is 3. The van der Waals surface area contributed by atoms with Crippen LogP contribution in [-0.2, 0) is 0 Å². The lowest BCUT2D eigenvalue weighted by Gasteiger charge is -2.14. The summed E-state index contributed by atoms with van der Waals surface area (Å²) in [7, 11) is 0. The molecule has 1 fully saturated rings. The van der Waals surface area contributed by atoms with E-state index in [2.05, 4.69) is 45.9 Å². The van der Waals surface area contributed by atoms with Crippen LogP contribution in [-0.4, -0.2) is 12.2 Å². The van der Waals surface area contributed by atoms with E-state index in [9.17, 15) is 4.39 Å². The van der Waals surface area contributed by atoms with Crippen LogP contribution in [0.4, 0.5) is 4.39 Å². The number of hydrazine groups is 1. The Hall–Kier alpha value is -0.490. The highest BCUT2D eigenvalue weighted by Crippen LogP contribution is 2.25. The number of nitrogens with one attached hydrogen (secondary N) is 3. The predicted octanol–water partition coefficient (Wildman–Crippen LogP) is 2.45. The van der Waals surface area contributed by atoms with Gasteiger partial charge in [0.25, 0.3) is 0 Å². The fourth-order valence-electron chi connectivity index (χ4n) is 2.02. The first-order valence-corrected chi connectivity index (χ1v) is 6.57. The van der Waals surface area contributed by atoms with Crippen LogP contribution in [0.1, 0.15) is 31.9 Å². The van der Waals surface area contributed by atoms with Crippen molar-refractivity contribution in [2.24, 2.45) is 0 Å². The molecule has 0 bridgehead atoms. The largest absolute Gasteiger partial charge is 0.299 e. The maximum atomic E-state index is 13.1. The minimum absolute atomic E-state index is 0.211. The molecular formula is C12H17BrFN3. The second-order valence-corrected chi connectivity index (χ2v) is 5.48. The molecular weight excluding hydrogens is 285 g/mol. The van der Waals surface area contributed by atoms with Crippen LogP contribution in [0, 0.1) is 5.82 Å². The highest BCUT2D eigenvalue weighted by atomic mass is 79.9. The summed E-state index contributed by atoms with van der Waals surface area (Å²) >= 11 is 3.21. The maximum absolute atomic E-state index is 13.1. The van der Waals surface area contributed by atoms with Crippen LogP contribution in [0.15, 0.2) is 22.7 Å². The predicted molar refractivity (Wildman–Crippen MR) is 69.8 cm³/mol. The summed E-state index contributed by atoms with van der Waals surface area (Å²) in [6, 6.07) is 5.78. The van der Waals surface area contributed by atoms with Crippen molar-refractivity contribution in [3.8, 4) is 0 Å². The molecule has 0 spiro atoms. The lowest BCUT2D eigenvalue weighted by molar-refractivity contribution is 0.421. The fraction of sp³-hybridized carbons (Fsp3) is 0.500. The minimum Gasteiger partial charge on any atom is -0.299 e. The minimum atomic E-state index is -0.225. The van der Waals surface area contributed by atoms with E-state index >= 15 is 0 Å². The van der Waals surface area contributed by atoms with Gasteiger partial charge in [0.05, 0.1) is 10.6 Å². The monoisotopic (exact) mass is 301 g/mol. The van der Waals surface area contributed by atoms with Gasteiger partial charge in [0.15, 0.2) is 0 Å². The molecule has 2 rings (SSSR count). The van der Waals surface area contributed by atoms with Gasteiger partial charge in [0.2, 0.25) is 0 Å². The van der Waals surface area contributed by atoms with Crippen LogP contribution in [0.3, 0.4) is 0 Å². The maximum Gasteiger partial charge on any atom is 0.137 e. The molecule has 1 aliphatic heterocycles. The van der Waals surface area contributed by atoms with E-state index in [0.29, 0.717) is 10.5 Å². The van der Waals surface area contributed by atoms with Crippen LogP contribution in [0.25, 0.3) is 0 Å². The average molecular weight is 302 g/mol. The Labute approximate surface area is 109 Å². The standard InChI is InChI=1S/C12H17BrFN3/c1-7(2)15-12-6-11(16-17-12)8-3-4-10(14)9(13)5-8/h3-5,7,11-12,15-17H,6H2,1-2H3. The van der Waals surface area contributed by atoms with Crippen LogP contribution in [0.2, 0.25) is 0 Å². The highest BCUT2D eigenvalue weighted by Gasteiger charge is 2.25. The molecule has 3 nitrogen and oxygen atoms in total. The van der Waals surface area contributed by atoms with Gasteiger partial charge in [0.1, 0.15) is 5.82 Å². The molecule has 0 amide bonds. The zero-order valence-corrected chi connectivity index (χ0v) is 11.5. The third-order valence-electron chi connectivity index (χ3n) is 2.78. The third kappa shape index (κ3) is 3.25. The molecule has 0 aliphatic carbocycles. The molecule has 0 saturated carbocycles. The molecule has 5 heteroatoms. The first-order valence-electron chi connectivity index (χ1n) is 5.78. The van der Waals surface area contributed by atoms with Gasteiger partial charge in [-0.05, 0) is 53.9 Å². The van der Waals surface area contributed by atoms with Gasteiger partial charge in [-0.1, -0.05) is 6.07 Å². The topological polar surface area (TPSA) is 36.1 Å². The Morgan fingerprint density at radius 3 is 2.82 bits per heavy atom. The summed E-state index contributed by atoms with van der Waals surface area (Å²) in [4.78, 5) is 0. The number of halogens is 2. The van der Waals surface area contributed by atoms with Crippen molar-refractivity contribution in [1.29, 1.82) is 0 Å². The number of benzene rings is 1. The second-order valence-electron chi connectivity index (χ2n) is 4.62. The van der Waals surface area contributed by atoms with E-state index in [0.717, 1.165) is 12.0 Å². The van der Waals surface area contributed by atoms with Crippen molar-refractivity contribution < 1.29 is 4.39 Å². The Balaban J connectivity index is 2.02. The van der Waals surface area contributed by atoms with Gasteiger partial charge in [-0.15, -0.1) is 0 Å². The smallest absolute Gasteiger partial charge is 0.137 e. The molecule has 1 heterocycles. The van der Waals surface area contributed by atoms with Crippen molar-refractivity contribution in [2.75, 3.05) is 0 Å². The van der Waals surface area contributed by atoms with Crippen LogP contribution in [0.5, 0.6) is 0 Å². The van der Waals surface area contributed by atoms with Gasteiger partial charge in [-0.3, -0.25) is 5.32 Å². The van der Waals surface area contributed by atoms with Crippen molar-refractivity contribution in [3.63, 3.8) is 0 Å².